The van der Waals surface area contributed by atoms with Gasteiger partial charge in [-0.25, -0.2) is 9.59 Å². The second kappa shape index (κ2) is 10.8. The third-order valence-electron chi connectivity index (χ3n) is 3.53. The van der Waals surface area contributed by atoms with Crippen molar-refractivity contribution < 1.29 is 19.1 Å². The Morgan fingerprint density at radius 2 is 1.27 bits per heavy atom. The maximum absolute atomic E-state index is 12.1. The normalized spacial score (nSPS) is 14.4. The molecule has 0 heterocycles. The number of carbonyl (C=O) groups excluding carboxylic acids is 2. The van der Waals surface area contributed by atoms with Gasteiger partial charge in [-0.1, -0.05) is 12.2 Å². The first-order valence-electron chi connectivity index (χ1n) is 7.98. The van der Waals surface area contributed by atoms with Crippen molar-refractivity contribution in [2.75, 3.05) is 13.2 Å². The lowest BCUT2D eigenvalue weighted by atomic mass is 9.92. The second-order valence-corrected chi connectivity index (χ2v) is 5.30. The molecule has 0 spiro atoms. The van der Waals surface area contributed by atoms with Gasteiger partial charge in [-0.05, 0) is 51.4 Å². The van der Waals surface area contributed by atoms with Gasteiger partial charge in [-0.15, -0.1) is 13.2 Å². The van der Waals surface area contributed by atoms with Crippen LogP contribution in [0.1, 0.15) is 51.4 Å². The summed E-state index contributed by atoms with van der Waals surface area (Å²) in [6.07, 6.45) is 9.71. The van der Waals surface area contributed by atoms with Crippen molar-refractivity contribution in [1.82, 2.24) is 0 Å². The van der Waals surface area contributed by atoms with E-state index < -0.39 is 0 Å². The van der Waals surface area contributed by atoms with Gasteiger partial charge in [0.15, 0.2) is 0 Å². The van der Waals surface area contributed by atoms with E-state index in [2.05, 4.69) is 13.2 Å². The van der Waals surface area contributed by atoms with E-state index in [0.29, 0.717) is 37.2 Å². The fraction of sp³-hybridized carbons (Fsp3) is 0.556. The molecule has 0 amide bonds. The summed E-state index contributed by atoms with van der Waals surface area (Å²) in [5, 5.41) is 0. The van der Waals surface area contributed by atoms with Gasteiger partial charge in [0.25, 0.3) is 0 Å². The Morgan fingerprint density at radius 1 is 0.864 bits per heavy atom. The minimum atomic E-state index is -0.373. The molecule has 0 aromatic rings. The largest absolute Gasteiger partial charge is 0.462 e. The van der Waals surface area contributed by atoms with E-state index >= 15 is 0 Å². The van der Waals surface area contributed by atoms with E-state index in [1.807, 2.05) is 0 Å². The Kier molecular flexibility index (Phi) is 8.96. The Hall–Kier alpha value is -1.84. The molecule has 0 radical (unpaired) electrons. The number of hydrogen-bond donors (Lipinski definition) is 0. The number of carbonyl (C=O) groups is 2. The van der Waals surface area contributed by atoms with Crippen LogP contribution in [0.4, 0.5) is 0 Å². The van der Waals surface area contributed by atoms with Crippen molar-refractivity contribution in [2.45, 2.75) is 51.4 Å². The van der Waals surface area contributed by atoms with Crippen LogP contribution in [0.3, 0.4) is 0 Å². The Morgan fingerprint density at radius 3 is 1.64 bits per heavy atom. The highest BCUT2D eigenvalue weighted by Gasteiger charge is 2.25. The summed E-state index contributed by atoms with van der Waals surface area (Å²) in [4.78, 5) is 24.3. The molecule has 0 aliphatic heterocycles. The van der Waals surface area contributed by atoms with E-state index in [-0.39, 0.29) is 11.9 Å². The third-order valence-corrected chi connectivity index (χ3v) is 3.53. The third kappa shape index (κ3) is 6.29. The first-order valence-corrected chi connectivity index (χ1v) is 7.98. The van der Waals surface area contributed by atoms with Gasteiger partial charge < -0.3 is 9.47 Å². The molecule has 0 atom stereocenters. The van der Waals surface area contributed by atoms with Crippen molar-refractivity contribution in [3.63, 3.8) is 0 Å². The molecular weight excluding hydrogens is 280 g/mol. The van der Waals surface area contributed by atoms with Gasteiger partial charge in [-0.3, -0.25) is 0 Å². The highest BCUT2D eigenvalue weighted by atomic mass is 16.5. The van der Waals surface area contributed by atoms with Crippen molar-refractivity contribution in [3.8, 4) is 0 Å². The Bertz CT molecular complexity index is 394. The van der Waals surface area contributed by atoms with E-state index in [0.717, 1.165) is 38.5 Å². The molecular formula is C18H26O4. The van der Waals surface area contributed by atoms with Crippen LogP contribution < -0.4 is 0 Å². The lowest BCUT2D eigenvalue weighted by Crippen LogP contribution is -2.20. The van der Waals surface area contributed by atoms with Gasteiger partial charge in [-0.2, -0.15) is 0 Å². The monoisotopic (exact) mass is 306 g/mol. The van der Waals surface area contributed by atoms with Crippen molar-refractivity contribution >= 4 is 11.9 Å². The number of rotatable bonds is 10. The Balaban J connectivity index is 2.58. The molecule has 0 saturated heterocycles. The minimum absolute atomic E-state index is 0.357. The molecule has 22 heavy (non-hydrogen) atoms. The van der Waals surface area contributed by atoms with Gasteiger partial charge in [0.1, 0.15) is 0 Å². The van der Waals surface area contributed by atoms with E-state index in [9.17, 15) is 9.59 Å². The molecule has 0 N–H and O–H groups in total. The molecule has 1 aliphatic rings. The van der Waals surface area contributed by atoms with Crippen LogP contribution in [0, 0.1) is 0 Å². The number of esters is 2. The average Bonchev–Trinajstić information content (AvgIpc) is 2.55. The van der Waals surface area contributed by atoms with Crippen LogP contribution in [0.2, 0.25) is 0 Å². The summed E-state index contributed by atoms with van der Waals surface area (Å²) in [5.41, 5.74) is 0.997. The summed E-state index contributed by atoms with van der Waals surface area (Å²) in [5.74, 6) is -0.747. The predicted octanol–water partition coefficient (Wildman–Crippen LogP) is 3.88. The van der Waals surface area contributed by atoms with Crippen molar-refractivity contribution in [3.05, 3.63) is 36.5 Å². The smallest absolute Gasteiger partial charge is 0.334 e. The molecule has 4 nitrogen and oxygen atoms in total. The molecule has 4 heteroatoms. The first-order chi connectivity index (χ1) is 10.7. The number of allylic oxidation sites excluding steroid dienone is 2. The van der Waals surface area contributed by atoms with Gasteiger partial charge in [0, 0.05) is 11.1 Å². The molecule has 0 fully saturated rings. The van der Waals surface area contributed by atoms with Gasteiger partial charge in [0.2, 0.25) is 0 Å². The van der Waals surface area contributed by atoms with Crippen molar-refractivity contribution in [1.29, 1.82) is 0 Å². The summed E-state index contributed by atoms with van der Waals surface area (Å²) in [6.45, 7) is 7.97. The lowest BCUT2D eigenvalue weighted by molar-refractivity contribution is -0.143. The molecule has 1 rings (SSSR count). The summed E-state index contributed by atoms with van der Waals surface area (Å²) in [7, 11) is 0. The standard InChI is InChI=1S/C18H26O4/c1-3-5-9-13-21-17(19)15-11-7-8-12-16(15)18(20)22-14-10-6-4-2/h3-4H,1-2,5-14H2. The number of hydrogen-bond acceptors (Lipinski definition) is 4. The fourth-order valence-corrected chi connectivity index (χ4v) is 2.32. The molecule has 0 bridgehead atoms. The summed E-state index contributed by atoms with van der Waals surface area (Å²) >= 11 is 0. The van der Waals surface area contributed by atoms with Crippen LogP contribution in [0.15, 0.2) is 36.5 Å². The lowest BCUT2D eigenvalue weighted by Gasteiger charge is -2.18. The minimum Gasteiger partial charge on any atom is -0.462 e. The molecule has 0 aromatic carbocycles. The first kappa shape index (κ1) is 18.2. The highest BCUT2D eigenvalue weighted by Crippen LogP contribution is 2.26. The zero-order chi connectivity index (χ0) is 16.2. The van der Waals surface area contributed by atoms with E-state index in [1.165, 1.54) is 0 Å². The van der Waals surface area contributed by atoms with Gasteiger partial charge in [0.05, 0.1) is 13.2 Å². The van der Waals surface area contributed by atoms with Crippen molar-refractivity contribution in [2.24, 2.45) is 0 Å². The number of unbranched alkanes of at least 4 members (excludes halogenated alkanes) is 2. The van der Waals surface area contributed by atoms with E-state index in [4.69, 9.17) is 9.47 Å². The quantitative estimate of drug-likeness (QED) is 0.349. The molecule has 0 aromatic heterocycles. The number of ether oxygens (including phenoxy) is 2. The predicted molar refractivity (Wildman–Crippen MR) is 86.3 cm³/mol. The van der Waals surface area contributed by atoms with Gasteiger partial charge >= 0.3 is 11.9 Å². The van der Waals surface area contributed by atoms with Crippen LogP contribution >= 0.6 is 0 Å². The van der Waals surface area contributed by atoms with Crippen LogP contribution in [-0.2, 0) is 19.1 Å². The molecule has 1 aliphatic carbocycles. The second-order valence-electron chi connectivity index (χ2n) is 5.30. The highest BCUT2D eigenvalue weighted by molar-refractivity contribution is 6.00. The summed E-state index contributed by atoms with van der Waals surface area (Å²) < 4.78 is 10.5. The maximum atomic E-state index is 12.1. The van der Waals surface area contributed by atoms with Crippen LogP contribution in [0.5, 0.6) is 0 Å². The molecule has 0 unspecified atom stereocenters. The van der Waals surface area contributed by atoms with Crippen LogP contribution in [0.25, 0.3) is 0 Å². The van der Waals surface area contributed by atoms with Crippen LogP contribution in [-0.4, -0.2) is 25.2 Å². The zero-order valence-corrected chi connectivity index (χ0v) is 13.3. The molecule has 122 valence electrons. The fourth-order valence-electron chi connectivity index (χ4n) is 2.32. The summed E-state index contributed by atoms with van der Waals surface area (Å²) in [6, 6.07) is 0. The Labute approximate surface area is 132 Å². The SMILES string of the molecule is C=CCCCOC(=O)C1=C(C(=O)OCCCC=C)CCCC1. The average molecular weight is 306 g/mol. The topological polar surface area (TPSA) is 52.6 Å². The molecule has 0 saturated carbocycles. The maximum Gasteiger partial charge on any atom is 0.334 e. The van der Waals surface area contributed by atoms with E-state index in [1.54, 1.807) is 12.2 Å². The zero-order valence-electron chi connectivity index (χ0n) is 13.3.